The van der Waals surface area contributed by atoms with Crippen LogP contribution in [0.5, 0.6) is 0 Å². The minimum atomic E-state index is -1.81. The molecule has 0 rings (SSSR count). The van der Waals surface area contributed by atoms with Crippen molar-refractivity contribution < 1.29 is 119 Å². The first kappa shape index (κ1) is 99.3. The average Bonchev–Trinajstić information content (AvgIpc) is 0.839. The lowest BCUT2D eigenvalue weighted by Crippen LogP contribution is -2.47. The van der Waals surface area contributed by atoms with E-state index in [9.17, 15) is 57.5 Å². The fraction of sp³-hybridized carbons (Fsp3) is 0.690. The molecule has 101 heavy (non-hydrogen) atoms. The SMILES string of the molecule is COC(=O)C(C)SC(=S)SCCC(=O)OCC(COCC(COC(=O)CCSC(=S)SC(C)C(=O)OC)(COC(=O)CCSC(=S)SC(C)C(=O)OC)COC(=O)CCSC(=S)SC(C)C(=O)OC)(COC(=O)CCSC(=S)SC(C)C(=O)OC)COC(=O)CCSC(=S)SC(C)C(=O)OC. The lowest BCUT2D eigenvalue weighted by Gasteiger charge is -2.35. The number of methoxy groups -OCH3 is 6. The minimum Gasteiger partial charge on any atom is -0.468 e. The Morgan fingerprint density at radius 3 is 0.525 bits per heavy atom. The van der Waals surface area contributed by atoms with Gasteiger partial charge in [-0.3, -0.25) is 57.5 Å². The van der Waals surface area contributed by atoms with Gasteiger partial charge < -0.3 is 61.6 Å². The second-order valence-electron chi connectivity index (χ2n) is 20.2. The molecule has 572 valence electrons. The van der Waals surface area contributed by atoms with Crippen molar-refractivity contribution in [2.24, 2.45) is 10.8 Å². The van der Waals surface area contributed by atoms with Crippen molar-refractivity contribution in [2.45, 2.75) is 112 Å². The summed E-state index contributed by atoms with van der Waals surface area (Å²) in [5.41, 5.74) is -3.63. The molecule has 25 nitrogen and oxygen atoms in total. The molecule has 0 aliphatic heterocycles. The highest BCUT2D eigenvalue weighted by molar-refractivity contribution is 8.50. The van der Waals surface area contributed by atoms with Crippen LogP contribution in [0, 0.1) is 10.8 Å². The number of hydrogen-bond donors (Lipinski definition) is 0. The summed E-state index contributed by atoms with van der Waals surface area (Å²) in [5.74, 6) is -7.46. The molecule has 0 amide bonds. The van der Waals surface area contributed by atoms with Crippen LogP contribution >= 0.6 is 214 Å². The molecule has 0 aromatic rings. The van der Waals surface area contributed by atoms with Gasteiger partial charge in [0, 0.05) is 34.5 Å². The van der Waals surface area contributed by atoms with Gasteiger partial charge >= 0.3 is 71.6 Å². The van der Waals surface area contributed by atoms with E-state index in [1.54, 1.807) is 41.5 Å². The van der Waals surface area contributed by atoms with Crippen molar-refractivity contribution in [3.63, 3.8) is 0 Å². The molecule has 6 unspecified atom stereocenters. The average molecular weight is 1760 g/mol. The van der Waals surface area contributed by atoms with Gasteiger partial charge in [-0.2, -0.15) is 0 Å². The molecule has 0 aliphatic carbocycles. The lowest BCUT2D eigenvalue weighted by atomic mass is 9.90. The van der Waals surface area contributed by atoms with Gasteiger partial charge in [0.1, 0.15) is 92.3 Å². The van der Waals surface area contributed by atoms with Crippen LogP contribution < -0.4 is 0 Å². The van der Waals surface area contributed by atoms with Gasteiger partial charge in [-0.15, -0.1) is 70.6 Å². The molecule has 0 spiro atoms. The summed E-state index contributed by atoms with van der Waals surface area (Å²) in [6, 6.07) is 0. The van der Waals surface area contributed by atoms with Crippen molar-refractivity contribution in [3.05, 3.63) is 0 Å². The molecular formula is C58H82O25S18. The number of rotatable bonds is 46. The third kappa shape index (κ3) is 47.7. The van der Waals surface area contributed by atoms with Crippen LogP contribution in [0.2, 0.25) is 0 Å². The maximum atomic E-state index is 13.7. The highest BCUT2D eigenvalue weighted by Crippen LogP contribution is 2.32. The van der Waals surface area contributed by atoms with E-state index in [0.29, 0.717) is 21.2 Å². The Hall–Kier alpha value is -1.66. The number of esters is 12. The number of ether oxygens (including phenoxy) is 13. The largest absolute Gasteiger partial charge is 0.468 e. The molecule has 0 N–H and O–H groups in total. The maximum absolute atomic E-state index is 13.7. The van der Waals surface area contributed by atoms with Crippen molar-refractivity contribution in [3.8, 4) is 0 Å². The Bertz CT molecular complexity index is 2350. The lowest BCUT2D eigenvalue weighted by molar-refractivity contribution is -0.175. The fourth-order valence-electron chi connectivity index (χ4n) is 6.48. The van der Waals surface area contributed by atoms with Gasteiger partial charge in [-0.05, 0) is 41.5 Å². The van der Waals surface area contributed by atoms with Crippen LogP contribution in [-0.2, 0) is 119 Å². The molecule has 6 atom stereocenters. The highest BCUT2D eigenvalue weighted by Gasteiger charge is 2.41. The van der Waals surface area contributed by atoms with Crippen LogP contribution in [0.3, 0.4) is 0 Å². The summed E-state index contributed by atoms with van der Waals surface area (Å²) in [4.78, 5) is 155. The Kier molecular flexibility index (Phi) is 56.5. The third-order valence-electron chi connectivity index (χ3n) is 12.0. The third-order valence-corrected chi connectivity index (χ3v) is 28.0. The topological polar surface area (TPSA) is 325 Å². The van der Waals surface area contributed by atoms with Gasteiger partial charge in [-0.1, -0.05) is 144 Å². The Balaban J connectivity index is 7.87. The van der Waals surface area contributed by atoms with Crippen molar-refractivity contribution in [1.29, 1.82) is 0 Å². The van der Waals surface area contributed by atoms with Gasteiger partial charge in [0.05, 0.1) is 105 Å². The summed E-state index contributed by atoms with van der Waals surface area (Å²) in [5, 5.41) is -3.88. The summed E-state index contributed by atoms with van der Waals surface area (Å²) in [6.45, 7) is 4.26. The van der Waals surface area contributed by atoms with Crippen LogP contribution in [0.1, 0.15) is 80.1 Å². The molecule has 0 aliphatic rings. The van der Waals surface area contributed by atoms with Crippen LogP contribution in [-0.4, -0.2) is 254 Å². The fourth-order valence-corrected chi connectivity index (χ4v) is 21.8. The maximum Gasteiger partial charge on any atom is 0.318 e. The monoisotopic (exact) mass is 1750 g/mol. The second-order valence-corrected chi connectivity index (χ2v) is 42.1. The molecule has 0 bridgehead atoms. The Labute approximate surface area is 672 Å². The molecule has 0 fully saturated rings. The first-order valence-corrected chi connectivity index (χ1v) is 43.3. The minimum absolute atomic E-state index is 0.0773. The quantitative estimate of drug-likeness (QED) is 0.0310. The number of carbonyl (C=O) groups excluding carboxylic acids is 12. The summed E-state index contributed by atoms with van der Waals surface area (Å²) >= 11 is 45.4. The summed E-state index contributed by atoms with van der Waals surface area (Å²) in [7, 11) is 7.40. The van der Waals surface area contributed by atoms with Crippen LogP contribution in [0.4, 0.5) is 0 Å². The van der Waals surface area contributed by atoms with E-state index in [2.05, 4.69) is 0 Å². The van der Waals surface area contributed by atoms with Crippen molar-refractivity contribution >= 4 is 307 Å². The van der Waals surface area contributed by atoms with E-state index in [1.807, 2.05) is 0 Å². The smallest absolute Gasteiger partial charge is 0.318 e. The normalized spacial score (nSPS) is 13.9. The molecule has 0 radical (unpaired) electrons. The zero-order valence-corrected chi connectivity index (χ0v) is 71.9. The zero-order chi connectivity index (χ0) is 76.7. The molecule has 0 saturated carbocycles. The highest BCUT2D eigenvalue weighted by atomic mass is 32.3. The summed E-state index contributed by atoms with van der Waals surface area (Å²) in [6.07, 6.45) is -1.53. The van der Waals surface area contributed by atoms with Gasteiger partial charge in [0.25, 0.3) is 0 Å². The van der Waals surface area contributed by atoms with E-state index in [-0.39, 0.29) is 73.0 Å². The predicted octanol–water partition coefficient (Wildman–Crippen LogP) is 10.5. The van der Waals surface area contributed by atoms with Crippen molar-refractivity contribution in [2.75, 3.05) is 130 Å². The Morgan fingerprint density at radius 2 is 0.396 bits per heavy atom. The van der Waals surface area contributed by atoms with E-state index in [1.165, 1.54) is 42.7 Å². The number of carbonyl (C=O) groups is 12. The molecular weight excluding hydrogens is 1670 g/mol. The number of hydrogen-bond acceptors (Lipinski definition) is 43. The first-order chi connectivity index (χ1) is 47.6. The van der Waals surface area contributed by atoms with E-state index >= 15 is 0 Å². The summed E-state index contributed by atoms with van der Waals surface area (Å²) < 4.78 is 72.4. The molecule has 0 saturated heterocycles. The number of thioether (sulfide) groups is 12. The standard InChI is InChI=1S/C58H82O25S18/c1-33(45(65)71-7)96-51(84)90-19-13-39(59)78-27-57(28-79-40(60)14-20-91-52(85)97-34(2)46(66)72-8,29-80-41(61)15-21-92-53(86)98-35(3)47(67)73-9)25-77-26-58(30-81-42(62)16-22-93-54(87)99-36(4)48(68)74-10,31-82-43(63)17-23-94-55(88)100-37(5)49(69)75-11)32-83-44(64)18-24-95-56(89)101-38(6)50(70)76-12/h33-38H,13-32H2,1-12H3. The molecule has 0 aromatic heterocycles. The van der Waals surface area contributed by atoms with Gasteiger partial charge in [0.2, 0.25) is 0 Å². The van der Waals surface area contributed by atoms with Crippen LogP contribution in [0.15, 0.2) is 0 Å². The molecule has 0 aromatic carbocycles. The van der Waals surface area contributed by atoms with Crippen molar-refractivity contribution in [1.82, 2.24) is 0 Å². The Morgan fingerprint density at radius 1 is 0.257 bits per heavy atom. The molecule has 43 heteroatoms. The second kappa shape index (κ2) is 57.5. The van der Waals surface area contributed by atoms with E-state index in [4.69, 9.17) is 135 Å². The zero-order valence-electron chi connectivity index (χ0n) is 57.2. The van der Waals surface area contributed by atoms with Crippen LogP contribution in [0.25, 0.3) is 0 Å². The number of thiocarbonyl (C=S) groups is 6. The van der Waals surface area contributed by atoms with E-state index < -0.39 is 167 Å². The molecule has 0 heterocycles. The van der Waals surface area contributed by atoms with Gasteiger partial charge in [-0.25, -0.2) is 0 Å². The predicted molar refractivity (Wildman–Crippen MR) is 434 cm³/mol. The first-order valence-electron chi connectivity index (χ1n) is 29.6. The van der Waals surface area contributed by atoms with E-state index in [0.717, 1.165) is 141 Å². The van der Waals surface area contributed by atoms with Gasteiger partial charge in [0.15, 0.2) is 0 Å².